The minimum atomic E-state index is -1.11. The van der Waals surface area contributed by atoms with Crippen LogP contribution in [-0.2, 0) is 6.54 Å². The lowest BCUT2D eigenvalue weighted by Crippen LogP contribution is -2.30. The van der Waals surface area contributed by atoms with Gasteiger partial charge in [-0.15, -0.1) is 0 Å². The zero-order valence-corrected chi connectivity index (χ0v) is 18.0. The van der Waals surface area contributed by atoms with Crippen molar-refractivity contribution in [1.29, 1.82) is 0 Å². The molecule has 1 aliphatic heterocycles. The Morgan fingerprint density at radius 2 is 1.88 bits per heavy atom. The Morgan fingerprint density at radius 3 is 2.73 bits per heavy atom. The first kappa shape index (κ1) is 20.8. The van der Waals surface area contributed by atoms with Crippen LogP contribution in [0.15, 0.2) is 65.2 Å². The Labute approximate surface area is 190 Å². The third-order valence-electron chi connectivity index (χ3n) is 5.66. The van der Waals surface area contributed by atoms with E-state index in [-0.39, 0.29) is 5.69 Å². The highest BCUT2D eigenvalue weighted by Crippen LogP contribution is 2.29. The smallest absolute Gasteiger partial charge is 0.354 e. The first-order valence-corrected chi connectivity index (χ1v) is 11.0. The molecule has 2 aromatic carbocycles. The molecule has 5 rings (SSSR count). The lowest BCUT2D eigenvalue weighted by Gasteiger charge is -2.30. The average molecular weight is 444 g/mol. The molecule has 3 heterocycles. The second-order valence-electron chi connectivity index (χ2n) is 7.96. The second kappa shape index (κ2) is 9.20. The Morgan fingerprint density at radius 1 is 1.06 bits per heavy atom. The summed E-state index contributed by atoms with van der Waals surface area (Å²) in [7, 11) is 0. The normalized spacial score (nSPS) is 13.8. The zero-order chi connectivity index (χ0) is 22.6. The van der Waals surface area contributed by atoms with Gasteiger partial charge < -0.3 is 24.5 Å². The van der Waals surface area contributed by atoms with Crippen LogP contribution in [0.3, 0.4) is 0 Å². The van der Waals surface area contributed by atoms with Crippen LogP contribution < -0.4 is 15.0 Å². The van der Waals surface area contributed by atoms with Crippen LogP contribution in [0.5, 0.6) is 11.5 Å². The average Bonchev–Trinajstić information content (AvgIpc) is 3.26. The molecular weight excluding hydrogens is 420 g/mol. The fourth-order valence-electron chi connectivity index (χ4n) is 4.05. The number of hydrogen-bond donors (Lipinski definition) is 2. The molecule has 0 unspecified atom stereocenters. The number of piperidine rings is 1. The highest BCUT2D eigenvalue weighted by atomic mass is 16.5. The van der Waals surface area contributed by atoms with Crippen LogP contribution in [0.1, 0.15) is 35.3 Å². The van der Waals surface area contributed by atoms with Crippen molar-refractivity contribution in [3.8, 4) is 11.5 Å². The maximum Gasteiger partial charge on any atom is 0.354 e. The lowest BCUT2D eigenvalue weighted by molar-refractivity contribution is 0.0690. The van der Waals surface area contributed by atoms with Crippen molar-refractivity contribution < 1.29 is 19.1 Å². The predicted molar refractivity (Wildman–Crippen MR) is 125 cm³/mol. The maximum atomic E-state index is 11.1. The van der Waals surface area contributed by atoms with Gasteiger partial charge in [-0.25, -0.2) is 9.78 Å². The van der Waals surface area contributed by atoms with E-state index in [9.17, 15) is 4.79 Å². The first-order valence-electron chi connectivity index (χ1n) is 11.0. The number of carboxylic acid groups (broad SMARTS) is 1. The van der Waals surface area contributed by atoms with Gasteiger partial charge >= 0.3 is 5.97 Å². The number of fused-ring (bicyclic) bond motifs is 1. The van der Waals surface area contributed by atoms with Crippen LogP contribution in [-0.4, -0.2) is 34.1 Å². The molecule has 0 aliphatic carbocycles. The van der Waals surface area contributed by atoms with Crippen molar-refractivity contribution in [3.05, 3.63) is 72.1 Å². The van der Waals surface area contributed by atoms with Gasteiger partial charge in [0.1, 0.15) is 17.0 Å². The summed E-state index contributed by atoms with van der Waals surface area (Å²) in [4.78, 5) is 21.9. The molecule has 33 heavy (non-hydrogen) atoms. The summed E-state index contributed by atoms with van der Waals surface area (Å²) in [6.07, 6.45) is 5.16. The van der Waals surface area contributed by atoms with Gasteiger partial charge in [0.05, 0.1) is 0 Å². The van der Waals surface area contributed by atoms with Crippen molar-refractivity contribution in [2.24, 2.45) is 0 Å². The highest BCUT2D eigenvalue weighted by molar-refractivity contribution is 5.85. The number of para-hydroxylation sites is 1. The molecule has 1 aliphatic rings. The molecule has 8 nitrogen and oxygen atoms in total. The molecule has 0 saturated carbocycles. The van der Waals surface area contributed by atoms with E-state index in [1.807, 2.05) is 0 Å². The summed E-state index contributed by atoms with van der Waals surface area (Å²) in [5.41, 5.74) is 3.67. The molecule has 1 fully saturated rings. The van der Waals surface area contributed by atoms with Crippen molar-refractivity contribution in [2.45, 2.75) is 25.8 Å². The number of aromatic carboxylic acids is 1. The summed E-state index contributed by atoms with van der Waals surface area (Å²) in [5, 5.41) is 12.4. The molecule has 0 spiro atoms. The van der Waals surface area contributed by atoms with Crippen LogP contribution in [0.25, 0.3) is 11.1 Å². The molecule has 2 aromatic heterocycles. The maximum absolute atomic E-state index is 11.1. The highest BCUT2D eigenvalue weighted by Gasteiger charge is 2.15. The number of benzene rings is 2. The number of nitrogens with zero attached hydrogens (tertiary/aromatic N) is 3. The van der Waals surface area contributed by atoms with E-state index in [1.54, 1.807) is 24.3 Å². The molecule has 168 valence electrons. The van der Waals surface area contributed by atoms with Gasteiger partial charge in [0.25, 0.3) is 6.01 Å². The van der Waals surface area contributed by atoms with Crippen molar-refractivity contribution in [2.75, 3.05) is 23.3 Å². The molecular formula is C25H24N4O4. The lowest BCUT2D eigenvalue weighted by atomic mass is 10.1. The number of oxazole rings is 1. The number of pyridine rings is 1. The molecule has 0 bridgehead atoms. The van der Waals surface area contributed by atoms with Gasteiger partial charge in [0, 0.05) is 43.7 Å². The van der Waals surface area contributed by atoms with Crippen LogP contribution >= 0.6 is 0 Å². The number of nitrogens with one attached hydrogen (secondary N) is 1. The van der Waals surface area contributed by atoms with Gasteiger partial charge in [-0.3, -0.25) is 0 Å². The first-order chi connectivity index (χ1) is 16.2. The molecule has 8 heteroatoms. The molecule has 4 aromatic rings. The van der Waals surface area contributed by atoms with E-state index >= 15 is 0 Å². The van der Waals surface area contributed by atoms with E-state index < -0.39 is 5.97 Å². The Balaban J connectivity index is 1.30. The van der Waals surface area contributed by atoms with E-state index in [0.29, 0.717) is 35.2 Å². The van der Waals surface area contributed by atoms with E-state index in [0.717, 1.165) is 13.1 Å². The van der Waals surface area contributed by atoms with E-state index in [1.165, 1.54) is 42.8 Å². The third-order valence-corrected chi connectivity index (χ3v) is 5.66. The zero-order valence-electron chi connectivity index (χ0n) is 18.0. The molecule has 2 N–H and O–H groups in total. The molecule has 0 radical (unpaired) electrons. The Hall–Kier alpha value is -4.07. The molecule has 0 amide bonds. The van der Waals surface area contributed by atoms with Gasteiger partial charge in [0.15, 0.2) is 11.3 Å². The predicted octanol–water partition coefficient (Wildman–Crippen LogP) is 5.32. The second-order valence-corrected chi connectivity index (χ2v) is 7.96. The van der Waals surface area contributed by atoms with Crippen molar-refractivity contribution in [1.82, 2.24) is 9.97 Å². The van der Waals surface area contributed by atoms with E-state index in [2.05, 4.69) is 44.5 Å². The third kappa shape index (κ3) is 4.74. The van der Waals surface area contributed by atoms with Crippen LogP contribution in [0.4, 0.5) is 11.7 Å². The summed E-state index contributed by atoms with van der Waals surface area (Å²) in [5.74, 6) is -0.208. The quantitative estimate of drug-likeness (QED) is 0.395. The van der Waals surface area contributed by atoms with E-state index in [4.69, 9.17) is 14.3 Å². The van der Waals surface area contributed by atoms with Gasteiger partial charge in [-0.1, -0.05) is 18.2 Å². The number of aromatic nitrogens is 2. The topological polar surface area (TPSA) is 101 Å². The van der Waals surface area contributed by atoms with Crippen LogP contribution in [0.2, 0.25) is 0 Å². The molecule has 0 atom stereocenters. The number of hydrogen-bond acceptors (Lipinski definition) is 7. The monoisotopic (exact) mass is 444 g/mol. The number of anilines is 2. The number of rotatable bonds is 7. The van der Waals surface area contributed by atoms with Gasteiger partial charge in [-0.05, 0) is 49.1 Å². The van der Waals surface area contributed by atoms with Crippen molar-refractivity contribution in [3.63, 3.8) is 0 Å². The number of carboxylic acids is 1. The van der Waals surface area contributed by atoms with Gasteiger partial charge in [-0.2, -0.15) is 4.98 Å². The van der Waals surface area contributed by atoms with Crippen LogP contribution in [0, 0.1) is 0 Å². The Kier molecular flexibility index (Phi) is 5.80. The minimum absolute atomic E-state index is 0.0791. The SMILES string of the molecule is O=C(O)c1cc(Oc2ccc3nc(NCc4ccccc4N4CCCCC4)oc3c2)ccn1. The number of carbonyl (C=O) groups is 1. The summed E-state index contributed by atoms with van der Waals surface area (Å²) in [6, 6.07) is 17.2. The Bertz CT molecular complexity index is 1280. The summed E-state index contributed by atoms with van der Waals surface area (Å²) >= 11 is 0. The van der Waals surface area contributed by atoms with Crippen molar-refractivity contribution >= 4 is 28.8 Å². The largest absolute Gasteiger partial charge is 0.477 e. The standard InChI is InChI=1S/C25H24N4O4/c30-24(31)21-14-19(10-11-26-21)32-18-8-9-20-23(15-18)33-25(28-20)27-16-17-6-2-3-7-22(17)29-12-4-1-5-13-29/h2-3,6-11,14-15H,1,4-5,12-13,16H2,(H,27,28)(H,30,31). The number of ether oxygens (including phenoxy) is 1. The van der Waals surface area contributed by atoms with Gasteiger partial charge in [0.2, 0.25) is 0 Å². The minimum Gasteiger partial charge on any atom is -0.477 e. The summed E-state index contributed by atoms with van der Waals surface area (Å²) < 4.78 is 11.7. The molecule has 1 saturated heterocycles. The fourth-order valence-corrected chi connectivity index (χ4v) is 4.05. The summed E-state index contributed by atoms with van der Waals surface area (Å²) in [6.45, 7) is 2.79. The fraction of sp³-hybridized carbons (Fsp3) is 0.240.